The summed E-state index contributed by atoms with van der Waals surface area (Å²) in [6.07, 6.45) is 2.69. The predicted molar refractivity (Wildman–Crippen MR) is 79.8 cm³/mol. The SMILES string of the molecule is CCNC(Cc1ccc(C)cc1Cl)c1coc(C)c1. The van der Waals surface area contributed by atoms with Gasteiger partial charge in [0.1, 0.15) is 5.76 Å². The number of benzene rings is 1. The average Bonchev–Trinajstić information content (AvgIpc) is 2.78. The first-order chi connectivity index (χ1) is 9.10. The lowest BCUT2D eigenvalue weighted by atomic mass is 10.00. The number of hydrogen-bond acceptors (Lipinski definition) is 2. The molecule has 0 aliphatic heterocycles. The Balaban J connectivity index is 2.21. The van der Waals surface area contributed by atoms with E-state index in [1.54, 1.807) is 0 Å². The Bertz CT molecular complexity index is 547. The normalized spacial score (nSPS) is 12.6. The van der Waals surface area contributed by atoms with Crippen LogP contribution in [-0.4, -0.2) is 6.54 Å². The van der Waals surface area contributed by atoms with Crippen molar-refractivity contribution in [1.29, 1.82) is 0 Å². The zero-order chi connectivity index (χ0) is 13.8. The molecule has 2 aromatic rings. The van der Waals surface area contributed by atoms with Gasteiger partial charge in [-0.05, 0) is 50.1 Å². The number of hydrogen-bond donors (Lipinski definition) is 1. The van der Waals surface area contributed by atoms with E-state index in [0.717, 1.165) is 29.3 Å². The molecule has 102 valence electrons. The third kappa shape index (κ3) is 3.62. The van der Waals surface area contributed by atoms with Crippen molar-refractivity contribution in [2.45, 2.75) is 33.2 Å². The topological polar surface area (TPSA) is 25.2 Å². The van der Waals surface area contributed by atoms with Gasteiger partial charge in [0.25, 0.3) is 0 Å². The molecule has 2 nitrogen and oxygen atoms in total. The smallest absolute Gasteiger partial charge is 0.101 e. The number of rotatable bonds is 5. The minimum Gasteiger partial charge on any atom is -0.469 e. The van der Waals surface area contributed by atoms with Crippen LogP contribution in [-0.2, 0) is 6.42 Å². The lowest BCUT2D eigenvalue weighted by Crippen LogP contribution is -2.22. The summed E-state index contributed by atoms with van der Waals surface area (Å²) in [7, 11) is 0. The number of aryl methyl sites for hydroxylation is 2. The van der Waals surface area contributed by atoms with Crippen molar-refractivity contribution < 1.29 is 4.42 Å². The number of likely N-dealkylation sites (N-methyl/N-ethyl adjacent to an activating group) is 1. The maximum atomic E-state index is 6.32. The fourth-order valence-electron chi connectivity index (χ4n) is 2.24. The quantitative estimate of drug-likeness (QED) is 0.874. The van der Waals surface area contributed by atoms with Crippen LogP contribution in [0.15, 0.2) is 34.9 Å². The van der Waals surface area contributed by atoms with Crippen molar-refractivity contribution in [3.63, 3.8) is 0 Å². The summed E-state index contributed by atoms with van der Waals surface area (Å²) >= 11 is 6.32. The Hall–Kier alpha value is -1.25. The molecule has 1 aromatic carbocycles. The summed E-state index contributed by atoms with van der Waals surface area (Å²) in [4.78, 5) is 0. The highest BCUT2D eigenvalue weighted by atomic mass is 35.5. The first-order valence-corrected chi connectivity index (χ1v) is 7.01. The average molecular weight is 278 g/mol. The van der Waals surface area contributed by atoms with E-state index in [-0.39, 0.29) is 6.04 Å². The molecule has 0 amide bonds. The van der Waals surface area contributed by atoms with E-state index in [0.29, 0.717) is 0 Å². The fraction of sp³-hybridized carbons (Fsp3) is 0.375. The molecule has 0 bridgehead atoms. The largest absolute Gasteiger partial charge is 0.469 e. The van der Waals surface area contributed by atoms with Gasteiger partial charge in [-0.25, -0.2) is 0 Å². The first kappa shape index (κ1) is 14.2. The van der Waals surface area contributed by atoms with Gasteiger partial charge in [-0.3, -0.25) is 0 Å². The summed E-state index contributed by atoms with van der Waals surface area (Å²) in [5.74, 6) is 0.938. The standard InChI is InChI=1S/C16H20ClNO/c1-4-18-16(14-8-12(3)19-10-14)9-13-6-5-11(2)7-15(13)17/h5-8,10,16,18H,4,9H2,1-3H3. The van der Waals surface area contributed by atoms with Crippen LogP contribution in [0.3, 0.4) is 0 Å². The predicted octanol–water partition coefficient (Wildman–Crippen LogP) is 4.44. The Kier molecular flexibility index (Phi) is 4.67. The molecule has 2 rings (SSSR count). The van der Waals surface area contributed by atoms with Crippen LogP contribution in [0, 0.1) is 13.8 Å². The molecule has 0 aliphatic carbocycles. The lowest BCUT2D eigenvalue weighted by molar-refractivity contribution is 0.511. The monoisotopic (exact) mass is 277 g/mol. The molecule has 3 heteroatoms. The maximum absolute atomic E-state index is 6.32. The third-order valence-electron chi connectivity index (χ3n) is 3.24. The van der Waals surface area contributed by atoms with Gasteiger partial charge in [-0.2, -0.15) is 0 Å². The van der Waals surface area contributed by atoms with Gasteiger partial charge in [-0.1, -0.05) is 30.7 Å². The summed E-state index contributed by atoms with van der Waals surface area (Å²) in [6, 6.07) is 8.54. The van der Waals surface area contributed by atoms with Crippen LogP contribution < -0.4 is 5.32 Å². The van der Waals surface area contributed by atoms with Crippen molar-refractivity contribution in [3.05, 3.63) is 58.0 Å². The van der Waals surface area contributed by atoms with Gasteiger partial charge in [-0.15, -0.1) is 0 Å². The van der Waals surface area contributed by atoms with Gasteiger partial charge in [0.2, 0.25) is 0 Å². The van der Waals surface area contributed by atoms with Crippen LogP contribution in [0.25, 0.3) is 0 Å². The highest BCUT2D eigenvalue weighted by Gasteiger charge is 2.15. The molecule has 1 atom stereocenters. The number of furan rings is 1. The molecular weight excluding hydrogens is 258 g/mol. The second-order valence-corrected chi connectivity index (χ2v) is 5.31. The highest BCUT2D eigenvalue weighted by Crippen LogP contribution is 2.25. The molecule has 0 saturated heterocycles. The van der Waals surface area contributed by atoms with Crippen LogP contribution in [0.1, 0.15) is 35.4 Å². The summed E-state index contributed by atoms with van der Waals surface area (Å²) < 4.78 is 5.41. The van der Waals surface area contributed by atoms with E-state index < -0.39 is 0 Å². The molecule has 1 unspecified atom stereocenters. The van der Waals surface area contributed by atoms with Crippen molar-refractivity contribution in [1.82, 2.24) is 5.32 Å². The van der Waals surface area contributed by atoms with Gasteiger partial charge >= 0.3 is 0 Å². The van der Waals surface area contributed by atoms with E-state index in [1.807, 2.05) is 19.3 Å². The van der Waals surface area contributed by atoms with Gasteiger partial charge in [0.05, 0.1) is 6.26 Å². The van der Waals surface area contributed by atoms with E-state index in [1.165, 1.54) is 11.1 Å². The van der Waals surface area contributed by atoms with Gasteiger partial charge in [0, 0.05) is 16.6 Å². The minimum absolute atomic E-state index is 0.239. The molecule has 1 N–H and O–H groups in total. The Morgan fingerprint density at radius 3 is 2.63 bits per heavy atom. The Morgan fingerprint density at radius 2 is 2.05 bits per heavy atom. The maximum Gasteiger partial charge on any atom is 0.101 e. The minimum atomic E-state index is 0.239. The lowest BCUT2D eigenvalue weighted by Gasteiger charge is -2.17. The molecule has 0 spiro atoms. The Labute approximate surface area is 119 Å². The molecule has 1 aromatic heterocycles. The molecule has 1 heterocycles. The molecule has 0 radical (unpaired) electrons. The van der Waals surface area contributed by atoms with Crippen molar-refractivity contribution in [2.24, 2.45) is 0 Å². The second kappa shape index (κ2) is 6.27. The zero-order valence-corrected chi connectivity index (χ0v) is 12.4. The molecule has 19 heavy (non-hydrogen) atoms. The van der Waals surface area contributed by atoms with E-state index in [9.17, 15) is 0 Å². The Morgan fingerprint density at radius 1 is 1.26 bits per heavy atom. The fourth-order valence-corrected chi connectivity index (χ4v) is 2.55. The van der Waals surface area contributed by atoms with Gasteiger partial charge in [0.15, 0.2) is 0 Å². The summed E-state index contributed by atoms with van der Waals surface area (Å²) in [6.45, 7) is 7.04. The molecule has 0 fully saturated rings. The van der Waals surface area contributed by atoms with E-state index in [4.69, 9.17) is 16.0 Å². The first-order valence-electron chi connectivity index (χ1n) is 6.63. The van der Waals surface area contributed by atoms with Gasteiger partial charge < -0.3 is 9.73 Å². The van der Waals surface area contributed by atoms with Crippen LogP contribution in [0.5, 0.6) is 0 Å². The van der Waals surface area contributed by atoms with Crippen molar-refractivity contribution in [3.8, 4) is 0 Å². The van der Waals surface area contributed by atoms with Crippen molar-refractivity contribution in [2.75, 3.05) is 6.54 Å². The van der Waals surface area contributed by atoms with E-state index in [2.05, 4.69) is 37.4 Å². The van der Waals surface area contributed by atoms with Crippen LogP contribution in [0.4, 0.5) is 0 Å². The molecule has 0 saturated carbocycles. The zero-order valence-electron chi connectivity index (χ0n) is 11.7. The summed E-state index contributed by atoms with van der Waals surface area (Å²) in [5.41, 5.74) is 3.53. The summed E-state index contributed by atoms with van der Waals surface area (Å²) in [5, 5.41) is 4.32. The number of nitrogens with one attached hydrogen (secondary N) is 1. The van der Waals surface area contributed by atoms with Crippen molar-refractivity contribution >= 4 is 11.6 Å². The highest BCUT2D eigenvalue weighted by molar-refractivity contribution is 6.31. The van der Waals surface area contributed by atoms with E-state index >= 15 is 0 Å². The third-order valence-corrected chi connectivity index (χ3v) is 3.59. The van der Waals surface area contributed by atoms with Crippen LogP contribution >= 0.6 is 11.6 Å². The number of halogens is 1. The second-order valence-electron chi connectivity index (χ2n) is 4.90. The van der Waals surface area contributed by atoms with Crippen LogP contribution in [0.2, 0.25) is 5.02 Å². The molecule has 0 aliphatic rings. The molecular formula is C16H20ClNO.